The van der Waals surface area contributed by atoms with E-state index in [-0.39, 0.29) is 17.9 Å². The minimum Gasteiger partial charge on any atom is -0.392 e. The lowest BCUT2D eigenvalue weighted by Crippen LogP contribution is -2.33. The number of hydrogen-bond acceptors (Lipinski definition) is 3. The molecular formula is C13H19NO2. The third-order valence-corrected chi connectivity index (χ3v) is 3.35. The standard InChI is InChI=1S/C13H19NO2/c1-10(12-6-2-3-7-14-12)13(15)11-5-4-8-16-9-11/h2-3,6-7,10-11,13,15H,4-5,8-9H2,1H3. The Balaban J connectivity index is 2.00. The van der Waals surface area contributed by atoms with Crippen LogP contribution in [0.15, 0.2) is 24.4 Å². The van der Waals surface area contributed by atoms with E-state index in [0.29, 0.717) is 6.61 Å². The lowest BCUT2D eigenvalue weighted by Gasteiger charge is -2.30. The van der Waals surface area contributed by atoms with Gasteiger partial charge in [0, 0.05) is 30.3 Å². The summed E-state index contributed by atoms with van der Waals surface area (Å²) < 4.78 is 5.41. The lowest BCUT2D eigenvalue weighted by molar-refractivity contribution is -0.0178. The number of aromatic nitrogens is 1. The van der Waals surface area contributed by atoms with Crippen LogP contribution in [-0.2, 0) is 4.74 Å². The van der Waals surface area contributed by atoms with Gasteiger partial charge in [-0.05, 0) is 25.0 Å². The van der Waals surface area contributed by atoms with E-state index < -0.39 is 0 Å². The number of aliphatic hydroxyl groups excluding tert-OH is 1. The SMILES string of the molecule is CC(c1ccccn1)C(O)C1CCCOC1. The van der Waals surface area contributed by atoms with Crippen LogP contribution < -0.4 is 0 Å². The summed E-state index contributed by atoms with van der Waals surface area (Å²) >= 11 is 0. The predicted molar refractivity (Wildman–Crippen MR) is 62.2 cm³/mol. The lowest BCUT2D eigenvalue weighted by atomic mass is 9.86. The molecule has 16 heavy (non-hydrogen) atoms. The molecule has 0 aliphatic carbocycles. The Labute approximate surface area is 96.5 Å². The van der Waals surface area contributed by atoms with Crippen LogP contribution in [-0.4, -0.2) is 29.4 Å². The van der Waals surface area contributed by atoms with Gasteiger partial charge in [-0.15, -0.1) is 0 Å². The van der Waals surface area contributed by atoms with Crippen LogP contribution in [0.2, 0.25) is 0 Å². The van der Waals surface area contributed by atoms with Crippen molar-refractivity contribution in [1.29, 1.82) is 0 Å². The molecule has 0 radical (unpaired) electrons. The van der Waals surface area contributed by atoms with Crippen molar-refractivity contribution in [2.24, 2.45) is 5.92 Å². The van der Waals surface area contributed by atoms with E-state index in [0.717, 1.165) is 25.1 Å². The second-order valence-corrected chi connectivity index (χ2v) is 4.51. The van der Waals surface area contributed by atoms with Gasteiger partial charge < -0.3 is 9.84 Å². The highest BCUT2D eigenvalue weighted by Gasteiger charge is 2.28. The van der Waals surface area contributed by atoms with Crippen molar-refractivity contribution in [2.45, 2.75) is 31.8 Å². The second-order valence-electron chi connectivity index (χ2n) is 4.51. The molecule has 2 heterocycles. The zero-order chi connectivity index (χ0) is 11.4. The molecule has 1 aromatic rings. The summed E-state index contributed by atoms with van der Waals surface area (Å²) in [5.74, 6) is 0.332. The van der Waals surface area contributed by atoms with Crippen LogP contribution in [0, 0.1) is 5.92 Å². The van der Waals surface area contributed by atoms with Gasteiger partial charge in [0.05, 0.1) is 12.7 Å². The summed E-state index contributed by atoms with van der Waals surface area (Å²) in [5.41, 5.74) is 0.959. The molecule has 0 bridgehead atoms. The van der Waals surface area contributed by atoms with Gasteiger partial charge in [0.15, 0.2) is 0 Å². The predicted octanol–water partition coefficient (Wildman–Crippen LogP) is 1.97. The fraction of sp³-hybridized carbons (Fsp3) is 0.615. The molecule has 3 atom stereocenters. The Bertz CT molecular complexity index is 309. The molecular weight excluding hydrogens is 202 g/mol. The quantitative estimate of drug-likeness (QED) is 0.848. The van der Waals surface area contributed by atoms with E-state index in [1.807, 2.05) is 25.1 Å². The zero-order valence-corrected chi connectivity index (χ0v) is 9.67. The molecule has 88 valence electrons. The molecule has 0 saturated carbocycles. The first-order chi connectivity index (χ1) is 7.79. The topological polar surface area (TPSA) is 42.4 Å². The summed E-state index contributed by atoms with van der Waals surface area (Å²) in [7, 11) is 0. The monoisotopic (exact) mass is 221 g/mol. The fourth-order valence-electron chi connectivity index (χ4n) is 2.26. The smallest absolute Gasteiger partial charge is 0.0671 e. The number of aliphatic hydroxyl groups is 1. The Morgan fingerprint density at radius 1 is 1.50 bits per heavy atom. The minimum absolute atomic E-state index is 0.0768. The van der Waals surface area contributed by atoms with Crippen molar-refractivity contribution in [3.63, 3.8) is 0 Å². The largest absolute Gasteiger partial charge is 0.392 e. The number of rotatable bonds is 3. The molecule has 1 saturated heterocycles. The zero-order valence-electron chi connectivity index (χ0n) is 9.67. The molecule has 3 unspecified atom stereocenters. The van der Waals surface area contributed by atoms with Crippen LogP contribution in [0.1, 0.15) is 31.4 Å². The number of ether oxygens (including phenoxy) is 1. The van der Waals surface area contributed by atoms with Gasteiger partial charge in [-0.1, -0.05) is 13.0 Å². The molecule has 2 rings (SSSR count). The van der Waals surface area contributed by atoms with E-state index in [1.165, 1.54) is 0 Å². The highest BCUT2D eigenvalue weighted by molar-refractivity contribution is 5.10. The Hall–Kier alpha value is -0.930. The van der Waals surface area contributed by atoms with Gasteiger partial charge in [0.25, 0.3) is 0 Å². The van der Waals surface area contributed by atoms with Gasteiger partial charge in [-0.25, -0.2) is 0 Å². The average molecular weight is 221 g/mol. The van der Waals surface area contributed by atoms with E-state index in [2.05, 4.69) is 4.98 Å². The molecule has 1 aliphatic rings. The first-order valence-corrected chi connectivity index (χ1v) is 5.96. The highest BCUT2D eigenvalue weighted by atomic mass is 16.5. The van der Waals surface area contributed by atoms with Crippen molar-refractivity contribution in [1.82, 2.24) is 4.98 Å². The van der Waals surface area contributed by atoms with Crippen molar-refractivity contribution < 1.29 is 9.84 Å². The Morgan fingerprint density at radius 2 is 2.38 bits per heavy atom. The molecule has 0 aromatic carbocycles. The van der Waals surface area contributed by atoms with Crippen LogP contribution >= 0.6 is 0 Å². The van der Waals surface area contributed by atoms with Crippen LogP contribution in [0.3, 0.4) is 0 Å². The van der Waals surface area contributed by atoms with Gasteiger partial charge in [-0.2, -0.15) is 0 Å². The van der Waals surface area contributed by atoms with Crippen LogP contribution in [0.4, 0.5) is 0 Å². The molecule has 1 fully saturated rings. The summed E-state index contributed by atoms with van der Waals surface area (Å²) in [6.45, 7) is 3.54. The summed E-state index contributed by atoms with van der Waals surface area (Å²) in [5, 5.41) is 10.3. The highest BCUT2D eigenvalue weighted by Crippen LogP contribution is 2.27. The maximum absolute atomic E-state index is 10.3. The molecule has 1 aliphatic heterocycles. The first kappa shape index (κ1) is 11.6. The molecule has 1 aromatic heterocycles. The maximum atomic E-state index is 10.3. The van der Waals surface area contributed by atoms with Crippen molar-refractivity contribution in [3.05, 3.63) is 30.1 Å². The molecule has 3 heteroatoms. The molecule has 1 N–H and O–H groups in total. The molecule has 0 spiro atoms. The van der Waals surface area contributed by atoms with Gasteiger partial charge in [-0.3, -0.25) is 4.98 Å². The van der Waals surface area contributed by atoms with Gasteiger partial charge >= 0.3 is 0 Å². The summed E-state index contributed by atoms with van der Waals surface area (Å²) in [4.78, 5) is 4.29. The third-order valence-electron chi connectivity index (χ3n) is 3.35. The first-order valence-electron chi connectivity index (χ1n) is 5.96. The normalized spacial score (nSPS) is 25.0. The number of pyridine rings is 1. The van der Waals surface area contributed by atoms with Crippen molar-refractivity contribution in [3.8, 4) is 0 Å². The van der Waals surface area contributed by atoms with E-state index in [1.54, 1.807) is 6.20 Å². The molecule has 0 amide bonds. The van der Waals surface area contributed by atoms with Crippen molar-refractivity contribution in [2.75, 3.05) is 13.2 Å². The van der Waals surface area contributed by atoms with E-state index in [4.69, 9.17) is 4.74 Å². The second kappa shape index (κ2) is 5.41. The van der Waals surface area contributed by atoms with E-state index in [9.17, 15) is 5.11 Å². The van der Waals surface area contributed by atoms with Gasteiger partial charge in [0.1, 0.15) is 0 Å². The number of nitrogens with zero attached hydrogens (tertiary/aromatic N) is 1. The third kappa shape index (κ3) is 2.60. The van der Waals surface area contributed by atoms with Crippen LogP contribution in [0.25, 0.3) is 0 Å². The fourth-order valence-corrected chi connectivity index (χ4v) is 2.26. The summed E-state index contributed by atoms with van der Waals surface area (Å²) in [6.07, 6.45) is 3.53. The average Bonchev–Trinajstić information content (AvgIpc) is 2.39. The minimum atomic E-state index is -0.352. The summed E-state index contributed by atoms with van der Waals surface area (Å²) in [6, 6.07) is 5.83. The van der Waals surface area contributed by atoms with Crippen LogP contribution in [0.5, 0.6) is 0 Å². The number of hydrogen-bond donors (Lipinski definition) is 1. The Kier molecular flexibility index (Phi) is 3.91. The molecule has 3 nitrogen and oxygen atoms in total. The van der Waals surface area contributed by atoms with E-state index >= 15 is 0 Å². The van der Waals surface area contributed by atoms with Crippen molar-refractivity contribution >= 4 is 0 Å². The van der Waals surface area contributed by atoms with Gasteiger partial charge in [0.2, 0.25) is 0 Å². The Morgan fingerprint density at radius 3 is 3.00 bits per heavy atom. The maximum Gasteiger partial charge on any atom is 0.0671 e.